The number of hydrogen-bond acceptors (Lipinski definition) is 3. The SMILES string of the molecule is CC(C)CN(CC(N)=O)C(=O)N[C@H](C(=O)O)C(C)C. The summed E-state index contributed by atoms with van der Waals surface area (Å²) in [6.45, 7) is 7.27. The largest absolute Gasteiger partial charge is 0.480 e. The lowest BCUT2D eigenvalue weighted by molar-refractivity contribution is -0.140. The van der Waals surface area contributed by atoms with Crippen LogP contribution in [0.15, 0.2) is 0 Å². The second-order valence-electron chi connectivity index (χ2n) is 5.25. The van der Waals surface area contributed by atoms with Crippen LogP contribution in [0.25, 0.3) is 0 Å². The molecule has 0 rings (SSSR count). The number of carboxylic acids is 1. The predicted molar refractivity (Wildman–Crippen MR) is 70.4 cm³/mol. The average molecular weight is 273 g/mol. The molecule has 0 bridgehead atoms. The van der Waals surface area contributed by atoms with Crippen LogP contribution in [0.5, 0.6) is 0 Å². The summed E-state index contributed by atoms with van der Waals surface area (Å²) in [6.07, 6.45) is 0. The molecule has 1 atom stereocenters. The summed E-state index contributed by atoms with van der Waals surface area (Å²) in [5.74, 6) is -1.84. The molecule has 0 saturated heterocycles. The highest BCUT2D eigenvalue weighted by Gasteiger charge is 2.26. The number of aliphatic carboxylic acids is 1. The summed E-state index contributed by atoms with van der Waals surface area (Å²) in [4.78, 5) is 35.2. The van der Waals surface area contributed by atoms with Crippen LogP contribution in [0.1, 0.15) is 27.7 Å². The molecule has 7 heteroatoms. The summed E-state index contributed by atoms with van der Waals surface area (Å²) in [6, 6.07) is -1.58. The number of rotatable bonds is 7. The molecular weight excluding hydrogens is 250 g/mol. The Labute approximate surface area is 113 Å². The average Bonchev–Trinajstić information content (AvgIpc) is 2.22. The molecule has 0 fully saturated rings. The maximum absolute atomic E-state index is 12.0. The Morgan fingerprint density at radius 3 is 2.05 bits per heavy atom. The highest BCUT2D eigenvalue weighted by molar-refractivity contribution is 5.86. The monoisotopic (exact) mass is 273 g/mol. The van der Waals surface area contributed by atoms with Crippen LogP contribution in [-0.2, 0) is 9.59 Å². The maximum atomic E-state index is 12.0. The number of nitrogens with zero attached hydrogens (tertiary/aromatic N) is 1. The van der Waals surface area contributed by atoms with Crippen LogP contribution >= 0.6 is 0 Å². The van der Waals surface area contributed by atoms with Gasteiger partial charge in [-0.05, 0) is 11.8 Å². The van der Waals surface area contributed by atoms with Crippen molar-refractivity contribution in [2.24, 2.45) is 17.6 Å². The fraction of sp³-hybridized carbons (Fsp3) is 0.750. The lowest BCUT2D eigenvalue weighted by Crippen LogP contribution is -2.52. The highest BCUT2D eigenvalue weighted by atomic mass is 16.4. The summed E-state index contributed by atoms with van der Waals surface area (Å²) in [5.41, 5.74) is 5.08. The molecule has 0 spiro atoms. The zero-order valence-corrected chi connectivity index (χ0v) is 11.8. The molecule has 0 aromatic rings. The lowest BCUT2D eigenvalue weighted by Gasteiger charge is -2.26. The molecule has 0 heterocycles. The van der Waals surface area contributed by atoms with Crippen molar-refractivity contribution in [3.05, 3.63) is 0 Å². The Bertz CT molecular complexity index is 342. The fourth-order valence-electron chi connectivity index (χ4n) is 1.59. The molecule has 4 N–H and O–H groups in total. The van der Waals surface area contributed by atoms with Gasteiger partial charge in [0.2, 0.25) is 5.91 Å². The van der Waals surface area contributed by atoms with Gasteiger partial charge >= 0.3 is 12.0 Å². The van der Waals surface area contributed by atoms with Gasteiger partial charge in [0.15, 0.2) is 0 Å². The van der Waals surface area contributed by atoms with Crippen molar-refractivity contribution < 1.29 is 19.5 Å². The first-order valence-corrected chi connectivity index (χ1v) is 6.21. The van der Waals surface area contributed by atoms with Crippen molar-refractivity contribution in [2.45, 2.75) is 33.7 Å². The van der Waals surface area contributed by atoms with Gasteiger partial charge in [0, 0.05) is 6.54 Å². The van der Waals surface area contributed by atoms with Crippen molar-refractivity contribution in [1.82, 2.24) is 10.2 Å². The number of urea groups is 1. The standard InChI is InChI=1S/C12H23N3O4/c1-7(2)5-15(6-9(13)16)12(19)14-10(8(3)4)11(17)18/h7-8,10H,5-6H2,1-4H3,(H2,13,16)(H,14,19)(H,17,18)/t10-/m0/s1. The molecule has 110 valence electrons. The van der Waals surface area contributed by atoms with Crippen molar-refractivity contribution >= 4 is 17.9 Å². The van der Waals surface area contributed by atoms with E-state index in [0.29, 0.717) is 6.54 Å². The van der Waals surface area contributed by atoms with Crippen LogP contribution in [0, 0.1) is 11.8 Å². The van der Waals surface area contributed by atoms with Gasteiger partial charge < -0.3 is 21.1 Å². The number of nitrogens with one attached hydrogen (secondary N) is 1. The lowest BCUT2D eigenvalue weighted by atomic mass is 10.1. The summed E-state index contributed by atoms with van der Waals surface area (Å²) in [7, 11) is 0. The summed E-state index contributed by atoms with van der Waals surface area (Å²) in [5, 5.41) is 11.4. The van der Waals surface area contributed by atoms with Gasteiger partial charge in [-0.2, -0.15) is 0 Å². The number of hydrogen-bond donors (Lipinski definition) is 3. The Kier molecular flexibility index (Phi) is 6.89. The quantitative estimate of drug-likeness (QED) is 0.617. The molecule has 7 nitrogen and oxygen atoms in total. The summed E-state index contributed by atoms with van der Waals surface area (Å²) >= 11 is 0. The molecular formula is C12H23N3O4. The minimum atomic E-state index is -1.10. The van der Waals surface area contributed by atoms with E-state index >= 15 is 0 Å². The van der Waals surface area contributed by atoms with Gasteiger partial charge in [-0.25, -0.2) is 9.59 Å². The highest BCUT2D eigenvalue weighted by Crippen LogP contribution is 2.05. The van der Waals surface area contributed by atoms with Gasteiger partial charge in [0.1, 0.15) is 12.6 Å². The molecule has 19 heavy (non-hydrogen) atoms. The number of primary amides is 1. The van der Waals surface area contributed by atoms with Gasteiger partial charge in [0.25, 0.3) is 0 Å². The molecule has 0 aromatic heterocycles. The Hall–Kier alpha value is -1.79. The minimum absolute atomic E-state index is 0.146. The van der Waals surface area contributed by atoms with Crippen LogP contribution in [0.2, 0.25) is 0 Å². The number of amides is 3. The molecule has 0 aliphatic carbocycles. The third-order valence-corrected chi connectivity index (χ3v) is 2.43. The zero-order valence-electron chi connectivity index (χ0n) is 11.8. The molecule has 0 unspecified atom stereocenters. The van der Waals surface area contributed by atoms with Crippen molar-refractivity contribution in [2.75, 3.05) is 13.1 Å². The van der Waals surface area contributed by atoms with E-state index in [1.807, 2.05) is 13.8 Å². The van der Waals surface area contributed by atoms with Crippen LogP contribution in [-0.4, -0.2) is 47.0 Å². The van der Waals surface area contributed by atoms with Crippen LogP contribution in [0.3, 0.4) is 0 Å². The Balaban J connectivity index is 4.78. The second kappa shape index (κ2) is 7.60. The second-order valence-corrected chi connectivity index (χ2v) is 5.25. The van der Waals surface area contributed by atoms with E-state index in [1.54, 1.807) is 13.8 Å². The molecule has 0 aromatic carbocycles. The van der Waals surface area contributed by atoms with E-state index < -0.39 is 23.9 Å². The maximum Gasteiger partial charge on any atom is 0.326 e. The van der Waals surface area contributed by atoms with Gasteiger partial charge in [0.05, 0.1) is 0 Å². The topological polar surface area (TPSA) is 113 Å². The third kappa shape index (κ3) is 6.64. The minimum Gasteiger partial charge on any atom is -0.480 e. The number of carboxylic acid groups (broad SMARTS) is 1. The van der Waals surface area contributed by atoms with Crippen molar-refractivity contribution in [1.29, 1.82) is 0 Å². The van der Waals surface area contributed by atoms with Crippen LogP contribution in [0.4, 0.5) is 4.79 Å². The smallest absolute Gasteiger partial charge is 0.326 e. The molecule has 0 aliphatic heterocycles. The van der Waals surface area contributed by atoms with E-state index in [4.69, 9.17) is 10.8 Å². The molecule has 0 radical (unpaired) electrons. The first kappa shape index (κ1) is 17.2. The van der Waals surface area contributed by atoms with Crippen molar-refractivity contribution in [3.63, 3.8) is 0 Å². The number of nitrogens with two attached hydrogens (primary N) is 1. The predicted octanol–water partition coefficient (Wildman–Crippen LogP) is 0.249. The number of carbonyl (C=O) groups is 3. The fourth-order valence-corrected chi connectivity index (χ4v) is 1.59. The normalized spacial score (nSPS) is 12.3. The molecule has 3 amide bonds. The van der Waals surface area contributed by atoms with Gasteiger partial charge in [-0.3, -0.25) is 4.79 Å². The third-order valence-electron chi connectivity index (χ3n) is 2.43. The van der Waals surface area contributed by atoms with Gasteiger partial charge in [-0.1, -0.05) is 27.7 Å². The number of carbonyl (C=O) groups excluding carboxylic acids is 2. The first-order valence-electron chi connectivity index (χ1n) is 6.21. The Morgan fingerprint density at radius 2 is 1.74 bits per heavy atom. The molecule has 0 saturated carbocycles. The van der Waals surface area contributed by atoms with Crippen LogP contribution < -0.4 is 11.1 Å². The zero-order chi connectivity index (χ0) is 15.2. The van der Waals surface area contributed by atoms with E-state index in [9.17, 15) is 14.4 Å². The van der Waals surface area contributed by atoms with Gasteiger partial charge in [-0.15, -0.1) is 0 Å². The van der Waals surface area contributed by atoms with E-state index in [2.05, 4.69) is 5.32 Å². The summed E-state index contributed by atoms with van der Waals surface area (Å²) < 4.78 is 0. The van der Waals surface area contributed by atoms with E-state index in [0.717, 1.165) is 0 Å². The van der Waals surface area contributed by atoms with E-state index in [1.165, 1.54) is 4.90 Å². The van der Waals surface area contributed by atoms with Crippen molar-refractivity contribution in [3.8, 4) is 0 Å². The Morgan fingerprint density at radius 1 is 1.21 bits per heavy atom. The van der Waals surface area contributed by atoms with E-state index in [-0.39, 0.29) is 18.4 Å². The molecule has 0 aliphatic rings. The first-order chi connectivity index (χ1) is 8.65.